The van der Waals surface area contributed by atoms with E-state index in [4.69, 9.17) is 4.74 Å². The lowest BCUT2D eigenvalue weighted by Gasteiger charge is -2.09. The summed E-state index contributed by atoms with van der Waals surface area (Å²) in [4.78, 5) is 28.9. The number of carbonyl (C=O) groups is 1. The van der Waals surface area contributed by atoms with Gasteiger partial charge < -0.3 is 9.30 Å². The fourth-order valence-corrected chi connectivity index (χ4v) is 2.99. The lowest BCUT2D eigenvalue weighted by atomic mass is 10.1. The van der Waals surface area contributed by atoms with E-state index in [1.165, 1.54) is 10.6 Å². The third kappa shape index (κ3) is 5.37. The number of ether oxygens (including phenoxy) is 1. The van der Waals surface area contributed by atoms with Gasteiger partial charge in [0.15, 0.2) is 5.78 Å². The van der Waals surface area contributed by atoms with Crippen LogP contribution in [0.4, 0.5) is 0 Å². The Morgan fingerprint density at radius 2 is 1.89 bits per heavy atom. The van der Waals surface area contributed by atoms with Crippen molar-refractivity contribution in [3.63, 3.8) is 0 Å². The largest absolute Gasteiger partial charge is 0.487 e. The number of alkyl halides is 1. The zero-order valence-corrected chi connectivity index (χ0v) is 17.4. The van der Waals surface area contributed by atoms with Crippen molar-refractivity contribution in [3.05, 3.63) is 92.6 Å². The minimum absolute atomic E-state index is 0.0129. The summed E-state index contributed by atoms with van der Waals surface area (Å²) in [5.41, 5.74) is 2.13. The van der Waals surface area contributed by atoms with Crippen LogP contribution >= 0.6 is 31.9 Å². The first-order valence-electron chi connectivity index (χ1n) is 8.17. The van der Waals surface area contributed by atoms with Gasteiger partial charge in [-0.05, 0) is 39.7 Å². The molecule has 0 fully saturated rings. The highest BCUT2D eigenvalue weighted by molar-refractivity contribution is 9.10. The molecular weight excluding hydrogens is 476 g/mol. The van der Waals surface area contributed by atoms with Gasteiger partial charge >= 0.3 is 0 Å². The summed E-state index contributed by atoms with van der Waals surface area (Å²) in [5, 5.41) is 0.734. The van der Waals surface area contributed by atoms with Gasteiger partial charge in [0, 0.05) is 33.8 Å². The summed E-state index contributed by atoms with van der Waals surface area (Å²) >= 11 is 6.70. The summed E-state index contributed by atoms with van der Waals surface area (Å²) in [6, 6.07) is 14.1. The number of hydrogen-bond donors (Lipinski definition) is 0. The SMILES string of the molecule is O=C(Cn1ccc(OCc2ccc(Br)cn2)cc1=O)c1ccc(CBr)cc1. The van der Waals surface area contributed by atoms with Crippen molar-refractivity contribution in [2.24, 2.45) is 0 Å². The van der Waals surface area contributed by atoms with Gasteiger partial charge in [0.1, 0.15) is 12.4 Å². The highest BCUT2D eigenvalue weighted by atomic mass is 79.9. The van der Waals surface area contributed by atoms with Crippen molar-refractivity contribution in [2.75, 3.05) is 0 Å². The predicted octanol–water partition coefficient (Wildman–Crippen LogP) is 4.36. The Morgan fingerprint density at radius 1 is 1.11 bits per heavy atom. The molecule has 27 heavy (non-hydrogen) atoms. The van der Waals surface area contributed by atoms with E-state index in [9.17, 15) is 9.59 Å². The van der Waals surface area contributed by atoms with E-state index < -0.39 is 0 Å². The first kappa shape index (κ1) is 19.5. The molecule has 0 N–H and O–H groups in total. The Morgan fingerprint density at radius 3 is 2.52 bits per heavy atom. The van der Waals surface area contributed by atoms with Crippen LogP contribution in [0.3, 0.4) is 0 Å². The van der Waals surface area contributed by atoms with Crippen LogP contribution in [0.1, 0.15) is 21.6 Å². The molecule has 138 valence electrons. The van der Waals surface area contributed by atoms with E-state index in [0.29, 0.717) is 11.3 Å². The quantitative estimate of drug-likeness (QED) is 0.364. The van der Waals surface area contributed by atoms with Crippen molar-refractivity contribution in [3.8, 4) is 5.75 Å². The molecular formula is C20H16Br2N2O3. The van der Waals surface area contributed by atoms with E-state index >= 15 is 0 Å². The van der Waals surface area contributed by atoms with Gasteiger partial charge in [-0.25, -0.2) is 0 Å². The lowest BCUT2D eigenvalue weighted by Crippen LogP contribution is -2.23. The minimum atomic E-state index is -0.290. The maximum Gasteiger partial charge on any atom is 0.254 e. The number of benzene rings is 1. The topological polar surface area (TPSA) is 61.2 Å². The molecule has 0 unspecified atom stereocenters. The zero-order chi connectivity index (χ0) is 19.2. The fraction of sp³-hybridized carbons (Fsp3) is 0.150. The van der Waals surface area contributed by atoms with Crippen LogP contribution in [0.2, 0.25) is 0 Å². The number of pyridine rings is 2. The maximum absolute atomic E-state index is 12.4. The number of halogens is 2. The van der Waals surface area contributed by atoms with Crippen molar-refractivity contribution >= 4 is 37.6 Å². The van der Waals surface area contributed by atoms with Gasteiger partial charge in [-0.1, -0.05) is 40.2 Å². The molecule has 0 saturated carbocycles. The fourth-order valence-electron chi connectivity index (χ4n) is 2.38. The van der Waals surface area contributed by atoms with Crippen LogP contribution in [0.15, 0.2) is 70.2 Å². The Bertz CT molecular complexity index is 983. The number of rotatable bonds is 7. The van der Waals surface area contributed by atoms with E-state index in [1.54, 1.807) is 30.6 Å². The Labute approximate surface area is 173 Å². The smallest absolute Gasteiger partial charge is 0.254 e. The molecule has 0 atom stereocenters. The second-order valence-corrected chi connectivity index (χ2v) is 7.32. The summed E-state index contributed by atoms with van der Waals surface area (Å²) in [6.45, 7) is 0.247. The third-order valence-corrected chi connectivity index (χ3v) is 5.00. The predicted molar refractivity (Wildman–Crippen MR) is 110 cm³/mol. The molecule has 3 rings (SSSR count). The molecule has 0 amide bonds. The van der Waals surface area contributed by atoms with Crippen LogP contribution in [-0.2, 0) is 18.5 Å². The Kier molecular flexibility index (Phi) is 6.58. The molecule has 3 aromatic rings. The maximum atomic E-state index is 12.4. The minimum Gasteiger partial charge on any atom is -0.487 e. The monoisotopic (exact) mass is 490 g/mol. The Balaban J connectivity index is 1.64. The van der Waals surface area contributed by atoms with Crippen LogP contribution < -0.4 is 10.3 Å². The first-order valence-corrected chi connectivity index (χ1v) is 10.1. The Hall–Kier alpha value is -2.25. The molecule has 0 aliphatic carbocycles. The molecule has 0 bridgehead atoms. The van der Waals surface area contributed by atoms with Crippen LogP contribution in [0, 0.1) is 0 Å². The average Bonchev–Trinajstić information content (AvgIpc) is 2.69. The second kappa shape index (κ2) is 9.10. The number of nitrogens with zero attached hydrogens (tertiary/aromatic N) is 2. The van der Waals surface area contributed by atoms with Crippen LogP contribution in [-0.4, -0.2) is 15.3 Å². The number of carbonyl (C=O) groups excluding carboxylic acids is 1. The molecule has 1 aromatic carbocycles. The number of aromatic nitrogens is 2. The van der Waals surface area contributed by atoms with Crippen LogP contribution in [0.25, 0.3) is 0 Å². The zero-order valence-electron chi connectivity index (χ0n) is 14.3. The number of Topliss-reactive ketones (excluding diaryl/α,β-unsaturated/α-hetero) is 1. The molecule has 0 spiro atoms. The summed E-state index contributed by atoms with van der Waals surface area (Å²) in [7, 11) is 0. The van der Waals surface area contributed by atoms with Crippen molar-refractivity contribution in [1.82, 2.24) is 9.55 Å². The lowest BCUT2D eigenvalue weighted by molar-refractivity contribution is 0.0970. The standard InChI is InChI=1S/C20H16Br2N2O3/c21-10-14-1-3-15(4-2-14)19(25)12-24-8-7-18(9-20(24)26)27-13-17-6-5-16(22)11-23-17/h1-9,11H,10,12-13H2. The molecule has 7 heteroatoms. The van der Waals surface area contributed by atoms with Gasteiger partial charge in [0.2, 0.25) is 0 Å². The van der Waals surface area contributed by atoms with Crippen molar-refractivity contribution in [1.29, 1.82) is 0 Å². The third-order valence-electron chi connectivity index (χ3n) is 3.89. The van der Waals surface area contributed by atoms with Crippen LogP contribution in [0.5, 0.6) is 5.75 Å². The van der Waals surface area contributed by atoms with E-state index in [2.05, 4.69) is 36.8 Å². The molecule has 0 aliphatic rings. The highest BCUT2D eigenvalue weighted by Gasteiger charge is 2.09. The highest BCUT2D eigenvalue weighted by Crippen LogP contribution is 2.12. The molecule has 0 aliphatic heterocycles. The van der Waals surface area contributed by atoms with Crippen molar-refractivity contribution < 1.29 is 9.53 Å². The first-order chi connectivity index (χ1) is 13.0. The molecule has 2 heterocycles. The molecule has 2 aromatic heterocycles. The van der Waals surface area contributed by atoms with Gasteiger partial charge in [-0.15, -0.1) is 0 Å². The van der Waals surface area contributed by atoms with Gasteiger partial charge in [0.25, 0.3) is 5.56 Å². The van der Waals surface area contributed by atoms with Gasteiger partial charge in [0.05, 0.1) is 12.2 Å². The molecule has 0 saturated heterocycles. The van der Waals surface area contributed by atoms with Gasteiger partial charge in [-0.3, -0.25) is 14.6 Å². The van der Waals surface area contributed by atoms with E-state index in [-0.39, 0.29) is 24.5 Å². The van der Waals surface area contributed by atoms with E-state index in [1.807, 2.05) is 24.3 Å². The van der Waals surface area contributed by atoms with E-state index in [0.717, 1.165) is 21.1 Å². The second-order valence-electron chi connectivity index (χ2n) is 5.84. The van der Waals surface area contributed by atoms with Gasteiger partial charge in [-0.2, -0.15) is 0 Å². The normalized spacial score (nSPS) is 10.6. The molecule has 0 radical (unpaired) electrons. The average molecular weight is 492 g/mol. The summed E-state index contributed by atoms with van der Waals surface area (Å²) < 4.78 is 7.86. The number of ketones is 1. The number of hydrogen-bond acceptors (Lipinski definition) is 4. The molecule has 5 nitrogen and oxygen atoms in total. The summed E-state index contributed by atoms with van der Waals surface area (Å²) in [6.07, 6.45) is 3.25. The summed E-state index contributed by atoms with van der Waals surface area (Å²) in [5.74, 6) is 0.320. The van der Waals surface area contributed by atoms with Crippen molar-refractivity contribution in [2.45, 2.75) is 18.5 Å².